The molecule has 12 heteroatoms. The van der Waals surface area contributed by atoms with Gasteiger partial charge in [0.05, 0.1) is 12.7 Å². The highest BCUT2D eigenvalue weighted by Crippen LogP contribution is 2.40. The van der Waals surface area contributed by atoms with E-state index in [9.17, 15) is 4.79 Å². The van der Waals surface area contributed by atoms with Gasteiger partial charge in [-0.3, -0.25) is 0 Å². The Morgan fingerprint density at radius 3 is 2.45 bits per heavy atom. The molecular weight excluding hydrogens is 679 g/mol. The number of esters is 1. The van der Waals surface area contributed by atoms with Crippen LogP contribution in [-0.2, 0) is 28.5 Å². The lowest BCUT2D eigenvalue weighted by atomic mass is 9.95. The second-order valence-corrected chi connectivity index (χ2v) is 12.8. The van der Waals surface area contributed by atoms with Crippen LogP contribution in [-0.4, -0.2) is 27.8 Å². The molecular formula is C35H29Cl3N4O4S. The van der Waals surface area contributed by atoms with Gasteiger partial charge in [0.1, 0.15) is 19.3 Å². The van der Waals surface area contributed by atoms with Crippen molar-refractivity contribution in [2.45, 2.75) is 37.1 Å². The van der Waals surface area contributed by atoms with Crippen molar-refractivity contribution in [2.75, 3.05) is 12.4 Å². The molecule has 0 fully saturated rings. The number of hydrogen-bond donors (Lipinski definition) is 1. The summed E-state index contributed by atoms with van der Waals surface area (Å²) in [6, 6.07) is 27.2. The average Bonchev–Trinajstić information content (AvgIpc) is 3.48. The lowest BCUT2D eigenvalue weighted by molar-refractivity contribution is -0.140. The number of carbonyl (C=O) groups excluding carboxylic acids is 1. The Hall–Kier alpha value is -4.15. The molecule has 0 saturated carbocycles. The van der Waals surface area contributed by atoms with Gasteiger partial charge in [-0.15, -0.1) is 5.10 Å². The number of nitrogens with zero attached hydrogens (tertiary/aromatic N) is 3. The van der Waals surface area contributed by atoms with Crippen LogP contribution in [0.15, 0.2) is 107 Å². The highest BCUT2D eigenvalue weighted by Gasteiger charge is 2.36. The Bertz CT molecular complexity index is 1950. The van der Waals surface area contributed by atoms with Crippen molar-refractivity contribution in [3.63, 3.8) is 0 Å². The Kier molecular flexibility index (Phi) is 10.3. The van der Waals surface area contributed by atoms with Crippen molar-refractivity contribution >= 4 is 58.5 Å². The van der Waals surface area contributed by atoms with Gasteiger partial charge in [-0.2, -0.15) is 4.98 Å². The minimum absolute atomic E-state index is 0.121. The average molecular weight is 708 g/mol. The van der Waals surface area contributed by atoms with Crippen LogP contribution in [0.4, 0.5) is 5.95 Å². The van der Waals surface area contributed by atoms with Crippen LogP contribution in [0.2, 0.25) is 15.1 Å². The Morgan fingerprint density at radius 1 is 0.894 bits per heavy atom. The van der Waals surface area contributed by atoms with E-state index in [1.54, 1.807) is 30.0 Å². The monoisotopic (exact) mass is 706 g/mol. The zero-order valence-corrected chi connectivity index (χ0v) is 28.5. The van der Waals surface area contributed by atoms with Crippen LogP contribution in [0.25, 0.3) is 0 Å². The Balaban J connectivity index is 1.32. The topological polar surface area (TPSA) is 87.5 Å². The highest BCUT2D eigenvalue weighted by atomic mass is 35.5. The second kappa shape index (κ2) is 14.7. The molecule has 240 valence electrons. The fourth-order valence-electron chi connectivity index (χ4n) is 5.09. The number of benzene rings is 4. The minimum Gasteiger partial charge on any atom is -0.493 e. The van der Waals surface area contributed by atoms with E-state index in [1.807, 2.05) is 79.7 Å². The molecule has 47 heavy (non-hydrogen) atoms. The van der Waals surface area contributed by atoms with Crippen LogP contribution in [0.5, 0.6) is 11.5 Å². The zero-order valence-electron chi connectivity index (χ0n) is 25.4. The van der Waals surface area contributed by atoms with E-state index < -0.39 is 12.0 Å². The van der Waals surface area contributed by atoms with Crippen molar-refractivity contribution in [3.8, 4) is 11.5 Å². The number of carbonyl (C=O) groups is 1. The lowest BCUT2D eigenvalue weighted by Gasteiger charge is -2.28. The summed E-state index contributed by atoms with van der Waals surface area (Å²) < 4.78 is 19.4. The first-order valence-electron chi connectivity index (χ1n) is 14.6. The summed E-state index contributed by atoms with van der Waals surface area (Å²) >= 11 is 20.3. The van der Waals surface area contributed by atoms with Gasteiger partial charge in [0.25, 0.3) is 0 Å². The van der Waals surface area contributed by atoms with Gasteiger partial charge < -0.3 is 19.5 Å². The summed E-state index contributed by atoms with van der Waals surface area (Å²) in [7, 11) is 1.56. The molecule has 0 aliphatic carbocycles. The predicted octanol–water partition coefficient (Wildman–Crippen LogP) is 9.15. The quantitative estimate of drug-likeness (QED) is 0.107. The molecule has 0 bridgehead atoms. The number of hydrogen-bond acceptors (Lipinski definition) is 8. The molecule has 1 N–H and O–H groups in total. The Morgan fingerprint density at radius 2 is 1.68 bits per heavy atom. The number of nitrogens with one attached hydrogen (secondary N) is 1. The molecule has 2 heterocycles. The number of allylic oxidation sites excluding steroid dienone is 1. The molecule has 8 nitrogen and oxygen atoms in total. The molecule has 0 spiro atoms. The van der Waals surface area contributed by atoms with Gasteiger partial charge in [-0.1, -0.05) is 107 Å². The van der Waals surface area contributed by atoms with Crippen LogP contribution >= 0.6 is 46.6 Å². The van der Waals surface area contributed by atoms with Crippen molar-refractivity contribution in [3.05, 3.63) is 140 Å². The number of aromatic nitrogens is 3. The zero-order chi connectivity index (χ0) is 32.9. The third-order valence-corrected chi connectivity index (χ3v) is 9.32. The van der Waals surface area contributed by atoms with E-state index in [0.29, 0.717) is 54.7 Å². The summed E-state index contributed by atoms with van der Waals surface area (Å²) in [5, 5.41) is 10.3. The summed E-state index contributed by atoms with van der Waals surface area (Å²) in [5.41, 5.74) is 4.34. The van der Waals surface area contributed by atoms with Crippen LogP contribution in [0, 0.1) is 0 Å². The van der Waals surface area contributed by atoms with E-state index in [1.165, 1.54) is 11.8 Å². The van der Waals surface area contributed by atoms with Gasteiger partial charge in [0.2, 0.25) is 11.1 Å². The van der Waals surface area contributed by atoms with Crippen LogP contribution in [0.1, 0.15) is 35.2 Å². The van der Waals surface area contributed by atoms with Gasteiger partial charge in [-0.25, -0.2) is 9.48 Å². The standard InChI is InChI=1S/C35H29Cl3N4O4S/c1-21-31(33(43)46-18-22-8-4-3-5-9-22)32(42-34(39-21)40-35(41-42)47-20-25-10-6-7-11-27(25)37)23-13-15-29(30(16-23)44-2)45-19-24-12-14-26(36)17-28(24)38/h3-17,32H,18-20H2,1-2H3,(H,39,40,41). The smallest absolute Gasteiger partial charge is 0.338 e. The number of thioether (sulfide) groups is 1. The fourth-order valence-corrected chi connectivity index (χ4v) is 6.67. The van der Waals surface area contributed by atoms with Crippen molar-refractivity contribution in [1.29, 1.82) is 0 Å². The molecule has 0 saturated heterocycles. The fraction of sp³-hybridized carbons (Fsp3) is 0.171. The molecule has 6 rings (SSSR count). The van der Waals surface area contributed by atoms with Crippen LogP contribution in [0.3, 0.4) is 0 Å². The molecule has 4 aromatic carbocycles. The van der Waals surface area contributed by atoms with Gasteiger partial charge in [-0.05, 0) is 53.9 Å². The van der Waals surface area contributed by atoms with Crippen molar-refractivity contribution in [2.24, 2.45) is 0 Å². The number of rotatable bonds is 11. The maximum absolute atomic E-state index is 13.8. The third kappa shape index (κ3) is 7.55. The van der Waals surface area contributed by atoms with E-state index in [-0.39, 0.29) is 13.2 Å². The largest absolute Gasteiger partial charge is 0.493 e. The van der Waals surface area contributed by atoms with Crippen molar-refractivity contribution < 1.29 is 19.0 Å². The maximum atomic E-state index is 13.8. The van der Waals surface area contributed by atoms with Crippen LogP contribution < -0.4 is 14.8 Å². The van der Waals surface area contributed by atoms with Crippen molar-refractivity contribution in [1.82, 2.24) is 14.8 Å². The predicted molar refractivity (Wildman–Crippen MR) is 186 cm³/mol. The Labute approximate surface area is 291 Å². The number of ether oxygens (including phenoxy) is 3. The number of fused-ring (bicyclic) bond motifs is 1. The molecule has 1 aliphatic heterocycles. The van der Waals surface area contributed by atoms with Gasteiger partial charge >= 0.3 is 5.97 Å². The first-order chi connectivity index (χ1) is 22.8. The van der Waals surface area contributed by atoms with E-state index in [4.69, 9.17) is 59.1 Å². The first-order valence-corrected chi connectivity index (χ1v) is 16.7. The molecule has 1 atom stereocenters. The highest BCUT2D eigenvalue weighted by molar-refractivity contribution is 7.98. The molecule has 1 aliphatic rings. The molecule has 1 unspecified atom stereocenters. The normalized spacial score (nSPS) is 13.9. The molecule has 0 amide bonds. The molecule has 1 aromatic heterocycles. The molecule has 0 radical (unpaired) electrons. The second-order valence-electron chi connectivity index (χ2n) is 10.6. The maximum Gasteiger partial charge on any atom is 0.338 e. The summed E-state index contributed by atoms with van der Waals surface area (Å²) in [6.45, 7) is 2.15. The summed E-state index contributed by atoms with van der Waals surface area (Å²) in [4.78, 5) is 18.5. The van der Waals surface area contributed by atoms with E-state index >= 15 is 0 Å². The lowest BCUT2D eigenvalue weighted by Crippen LogP contribution is -2.29. The van der Waals surface area contributed by atoms with Gasteiger partial charge in [0.15, 0.2) is 11.5 Å². The number of halogens is 3. The number of anilines is 1. The summed E-state index contributed by atoms with van der Waals surface area (Å²) in [5.74, 6) is 1.55. The number of methoxy groups -OCH3 is 1. The minimum atomic E-state index is -0.676. The van der Waals surface area contributed by atoms with E-state index in [2.05, 4.69) is 5.32 Å². The molecule has 5 aromatic rings. The third-order valence-electron chi connectivity index (χ3n) is 7.48. The van der Waals surface area contributed by atoms with E-state index in [0.717, 1.165) is 22.3 Å². The summed E-state index contributed by atoms with van der Waals surface area (Å²) in [6.07, 6.45) is 0. The SMILES string of the molecule is COc1cc(C2C(C(=O)OCc3ccccc3)=C(C)Nc3nc(SCc4ccccc4Cl)nn32)ccc1OCc1ccc(Cl)cc1Cl. The first kappa shape index (κ1) is 32.8. The van der Waals surface area contributed by atoms with Gasteiger partial charge in [0, 0.05) is 32.1 Å².